The number of hydrogen-bond acceptors (Lipinski definition) is 4. The standard InChI is InChI=1S/C25H22N2O4/c1-30-25(29)19-10-12-20(13-11-19)26-24(28)16-27-15-14-21-22(27)8-5-9-23(21)31-17-18-6-3-2-4-7-18/h2-15H,16-17H2,1H3,(H,26,28). The molecule has 6 nitrogen and oxygen atoms in total. The first-order valence-electron chi connectivity index (χ1n) is 9.87. The van der Waals surface area contributed by atoms with Crippen LogP contribution < -0.4 is 10.1 Å². The van der Waals surface area contributed by atoms with Crippen molar-refractivity contribution in [1.29, 1.82) is 0 Å². The van der Waals surface area contributed by atoms with Gasteiger partial charge in [-0.15, -0.1) is 0 Å². The van der Waals surface area contributed by atoms with Crippen molar-refractivity contribution in [1.82, 2.24) is 4.57 Å². The van der Waals surface area contributed by atoms with E-state index >= 15 is 0 Å². The molecule has 0 aliphatic rings. The van der Waals surface area contributed by atoms with Crippen LogP contribution in [0, 0.1) is 0 Å². The van der Waals surface area contributed by atoms with E-state index in [2.05, 4.69) is 10.1 Å². The monoisotopic (exact) mass is 414 g/mol. The molecule has 0 saturated carbocycles. The maximum absolute atomic E-state index is 12.5. The quantitative estimate of drug-likeness (QED) is 0.447. The highest BCUT2D eigenvalue weighted by Gasteiger charge is 2.11. The molecule has 1 amide bonds. The predicted molar refractivity (Wildman–Crippen MR) is 119 cm³/mol. The van der Waals surface area contributed by atoms with Gasteiger partial charge in [0.2, 0.25) is 5.91 Å². The van der Waals surface area contributed by atoms with Crippen molar-refractivity contribution < 1.29 is 19.1 Å². The lowest BCUT2D eigenvalue weighted by atomic mass is 10.2. The summed E-state index contributed by atoms with van der Waals surface area (Å²) in [6.45, 7) is 0.636. The molecule has 0 fully saturated rings. The normalized spacial score (nSPS) is 10.6. The van der Waals surface area contributed by atoms with E-state index < -0.39 is 5.97 Å². The first kappa shape index (κ1) is 20.2. The van der Waals surface area contributed by atoms with Gasteiger partial charge in [-0.2, -0.15) is 0 Å². The van der Waals surface area contributed by atoms with E-state index in [1.807, 2.05) is 65.4 Å². The molecular weight excluding hydrogens is 392 g/mol. The van der Waals surface area contributed by atoms with E-state index in [0.717, 1.165) is 22.2 Å². The van der Waals surface area contributed by atoms with Crippen molar-refractivity contribution in [2.45, 2.75) is 13.2 Å². The fourth-order valence-corrected chi connectivity index (χ4v) is 3.36. The van der Waals surface area contributed by atoms with Gasteiger partial charge < -0.3 is 19.4 Å². The Morgan fingerprint density at radius 1 is 0.903 bits per heavy atom. The minimum absolute atomic E-state index is 0.157. The van der Waals surface area contributed by atoms with E-state index in [9.17, 15) is 9.59 Å². The summed E-state index contributed by atoms with van der Waals surface area (Å²) < 4.78 is 12.6. The van der Waals surface area contributed by atoms with Crippen LogP contribution in [0.4, 0.5) is 5.69 Å². The molecular formula is C25H22N2O4. The lowest BCUT2D eigenvalue weighted by Crippen LogP contribution is -2.18. The molecule has 0 aliphatic carbocycles. The van der Waals surface area contributed by atoms with E-state index in [1.54, 1.807) is 24.3 Å². The van der Waals surface area contributed by atoms with Crippen LogP contribution in [0.15, 0.2) is 85.1 Å². The number of methoxy groups -OCH3 is 1. The van der Waals surface area contributed by atoms with Crippen LogP contribution >= 0.6 is 0 Å². The number of fused-ring (bicyclic) bond motifs is 1. The Labute approximate surface area is 180 Å². The number of hydrogen-bond donors (Lipinski definition) is 1. The Hall–Kier alpha value is -4.06. The SMILES string of the molecule is COC(=O)c1ccc(NC(=O)Cn2ccc3c(OCc4ccccc4)cccc32)cc1. The Bertz CT molecular complexity index is 1200. The van der Waals surface area contributed by atoms with Gasteiger partial charge in [-0.3, -0.25) is 4.79 Å². The summed E-state index contributed by atoms with van der Waals surface area (Å²) in [5.41, 5.74) is 3.05. The number of benzene rings is 3. The van der Waals surface area contributed by atoms with Crippen molar-refractivity contribution in [3.05, 3.63) is 96.2 Å². The maximum atomic E-state index is 12.5. The maximum Gasteiger partial charge on any atom is 0.337 e. The van der Waals surface area contributed by atoms with Crippen molar-refractivity contribution in [3.8, 4) is 5.75 Å². The average Bonchev–Trinajstić information content (AvgIpc) is 3.21. The first-order valence-corrected chi connectivity index (χ1v) is 9.87. The molecule has 6 heteroatoms. The molecule has 1 N–H and O–H groups in total. The van der Waals surface area contributed by atoms with Crippen LogP contribution in [-0.2, 0) is 22.7 Å². The second-order valence-corrected chi connectivity index (χ2v) is 7.02. The zero-order valence-corrected chi connectivity index (χ0v) is 17.1. The molecule has 4 rings (SSSR count). The number of esters is 1. The van der Waals surface area contributed by atoms with Gasteiger partial charge in [0.05, 0.1) is 18.2 Å². The van der Waals surface area contributed by atoms with Gasteiger partial charge in [-0.1, -0.05) is 36.4 Å². The largest absolute Gasteiger partial charge is 0.488 e. The topological polar surface area (TPSA) is 69.6 Å². The van der Waals surface area contributed by atoms with Crippen LogP contribution in [-0.4, -0.2) is 23.6 Å². The molecule has 0 aliphatic heterocycles. The lowest BCUT2D eigenvalue weighted by molar-refractivity contribution is -0.116. The molecule has 0 bridgehead atoms. The molecule has 0 unspecified atom stereocenters. The third-order valence-electron chi connectivity index (χ3n) is 4.91. The molecule has 3 aromatic carbocycles. The molecule has 0 atom stereocenters. The van der Waals surface area contributed by atoms with Gasteiger partial charge in [0, 0.05) is 17.3 Å². The lowest BCUT2D eigenvalue weighted by Gasteiger charge is -2.10. The van der Waals surface area contributed by atoms with Crippen LogP contribution in [0.3, 0.4) is 0 Å². The summed E-state index contributed by atoms with van der Waals surface area (Å²) in [4.78, 5) is 24.1. The molecule has 31 heavy (non-hydrogen) atoms. The Morgan fingerprint density at radius 2 is 1.68 bits per heavy atom. The number of rotatable bonds is 7. The summed E-state index contributed by atoms with van der Waals surface area (Å²) in [6, 6.07) is 24.3. The van der Waals surface area contributed by atoms with Gasteiger partial charge >= 0.3 is 5.97 Å². The number of amides is 1. The van der Waals surface area contributed by atoms with Crippen molar-refractivity contribution in [2.75, 3.05) is 12.4 Å². The fourth-order valence-electron chi connectivity index (χ4n) is 3.36. The Morgan fingerprint density at radius 3 is 2.42 bits per heavy atom. The minimum atomic E-state index is -0.415. The summed E-state index contributed by atoms with van der Waals surface area (Å²) in [6.07, 6.45) is 1.87. The highest BCUT2D eigenvalue weighted by molar-refractivity contribution is 5.94. The van der Waals surface area contributed by atoms with Gasteiger partial charge in [0.1, 0.15) is 18.9 Å². The van der Waals surface area contributed by atoms with Gasteiger partial charge in [0.25, 0.3) is 0 Å². The molecule has 1 aromatic heterocycles. The highest BCUT2D eigenvalue weighted by atomic mass is 16.5. The molecule has 0 saturated heterocycles. The van der Waals surface area contributed by atoms with Crippen molar-refractivity contribution in [3.63, 3.8) is 0 Å². The zero-order chi connectivity index (χ0) is 21.6. The summed E-state index contributed by atoms with van der Waals surface area (Å²) in [5.74, 6) is 0.194. The molecule has 4 aromatic rings. The Balaban J connectivity index is 1.44. The van der Waals surface area contributed by atoms with Crippen LogP contribution in [0.1, 0.15) is 15.9 Å². The number of nitrogens with zero attached hydrogens (tertiary/aromatic N) is 1. The van der Waals surface area contributed by atoms with E-state index in [-0.39, 0.29) is 12.5 Å². The smallest absolute Gasteiger partial charge is 0.337 e. The fraction of sp³-hybridized carbons (Fsp3) is 0.120. The van der Waals surface area contributed by atoms with E-state index in [1.165, 1.54) is 7.11 Å². The zero-order valence-electron chi connectivity index (χ0n) is 17.1. The van der Waals surface area contributed by atoms with Crippen molar-refractivity contribution in [2.24, 2.45) is 0 Å². The van der Waals surface area contributed by atoms with Gasteiger partial charge in [0.15, 0.2) is 0 Å². The number of anilines is 1. The van der Waals surface area contributed by atoms with E-state index in [0.29, 0.717) is 17.9 Å². The number of carbonyl (C=O) groups excluding carboxylic acids is 2. The molecule has 156 valence electrons. The summed E-state index contributed by atoms with van der Waals surface area (Å²) in [7, 11) is 1.33. The number of ether oxygens (including phenoxy) is 2. The number of carbonyl (C=O) groups is 2. The minimum Gasteiger partial charge on any atom is -0.488 e. The average molecular weight is 414 g/mol. The summed E-state index contributed by atoms with van der Waals surface area (Å²) >= 11 is 0. The van der Waals surface area contributed by atoms with E-state index in [4.69, 9.17) is 4.74 Å². The Kier molecular flexibility index (Phi) is 5.98. The summed E-state index contributed by atoms with van der Waals surface area (Å²) in [5, 5.41) is 3.80. The van der Waals surface area contributed by atoms with Crippen LogP contribution in [0.5, 0.6) is 5.75 Å². The second kappa shape index (κ2) is 9.17. The highest BCUT2D eigenvalue weighted by Crippen LogP contribution is 2.27. The predicted octanol–water partition coefficient (Wildman–Crippen LogP) is 4.65. The number of aromatic nitrogens is 1. The number of nitrogens with one attached hydrogen (secondary N) is 1. The van der Waals surface area contributed by atoms with Gasteiger partial charge in [-0.05, 0) is 48.0 Å². The van der Waals surface area contributed by atoms with Crippen LogP contribution in [0.2, 0.25) is 0 Å². The third kappa shape index (κ3) is 4.75. The third-order valence-corrected chi connectivity index (χ3v) is 4.91. The molecule has 0 radical (unpaired) electrons. The van der Waals surface area contributed by atoms with Crippen LogP contribution in [0.25, 0.3) is 10.9 Å². The second-order valence-electron chi connectivity index (χ2n) is 7.02. The first-order chi connectivity index (χ1) is 15.1. The van der Waals surface area contributed by atoms with Gasteiger partial charge in [-0.25, -0.2) is 4.79 Å². The molecule has 1 heterocycles. The van der Waals surface area contributed by atoms with Crippen molar-refractivity contribution >= 4 is 28.5 Å². The molecule has 0 spiro atoms.